The van der Waals surface area contributed by atoms with Gasteiger partial charge in [0, 0.05) is 5.57 Å². The van der Waals surface area contributed by atoms with E-state index in [1.807, 2.05) is 0 Å². The molecule has 2 fully saturated rings. The van der Waals surface area contributed by atoms with E-state index >= 15 is 0 Å². The number of hydrogen-bond donors (Lipinski definition) is 1. The van der Waals surface area contributed by atoms with Crippen molar-refractivity contribution >= 4 is 5.97 Å². The van der Waals surface area contributed by atoms with E-state index in [1.54, 1.807) is 0 Å². The van der Waals surface area contributed by atoms with Crippen LogP contribution in [-0.4, -0.2) is 11.1 Å². The fourth-order valence-corrected chi connectivity index (χ4v) is 3.71. The summed E-state index contributed by atoms with van der Waals surface area (Å²) in [6, 6.07) is 0. The summed E-state index contributed by atoms with van der Waals surface area (Å²) >= 11 is 0. The standard InChI is InChI=1S/C15H22O2/c1-10-5-4-7-15(3)8-6-12(9-13(10)15)11(2)14(16)17/h12-13H,1-2,4-9H2,3H3,(H,16,17)/t12-,13+,15-/m1/s1. The van der Waals surface area contributed by atoms with E-state index in [9.17, 15) is 4.79 Å². The molecule has 0 aliphatic heterocycles. The lowest BCUT2D eigenvalue weighted by atomic mass is 9.56. The minimum absolute atomic E-state index is 0.153. The summed E-state index contributed by atoms with van der Waals surface area (Å²) in [7, 11) is 0. The van der Waals surface area contributed by atoms with Gasteiger partial charge < -0.3 is 5.11 Å². The lowest BCUT2D eigenvalue weighted by Crippen LogP contribution is -2.38. The van der Waals surface area contributed by atoms with E-state index in [-0.39, 0.29) is 5.92 Å². The van der Waals surface area contributed by atoms with Gasteiger partial charge in [-0.2, -0.15) is 0 Å². The smallest absolute Gasteiger partial charge is 0.331 e. The van der Waals surface area contributed by atoms with Gasteiger partial charge in [-0.05, 0) is 55.8 Å². The first-order valence-corrected chi connectivity index (χ1v) is 6.54. The molecule has 2 rings (SSSR count). The van der Waals surface area contributed by atoms with Gasteiger partial charge in [0.25, 0.3) is 0 Å². The molecule has 2 heteroatoms. The molecule has 0 saturated heterocycles. The lowest BCUT2D eigenvalue weighted by Gasteiger charge is -2.48. The van der Waals surface area contributed by atoms with Crippen LogP contribution >= 0.6 is 0 Å². The van der Waals surface area contributed by atoms with E-state index < -0.39 is 5.97 Å². The van der Waals surface area contributed by atoms with Gasteiger partial charge >= 0.3 is 5.97 Å². The van der Waals surface area contributed by atoms with Crippen molar-refractivity contribution in [2.75, 3.05) is 0 Å². The van der Waals surface area contributed by atoms with E-state index in [0.717, 1.165) is 25.7 Å². The fraction of sp³-hybridized carbons (Fsp3) is 0.667. The highest BCUT2D eigenvalue weighted by Crippen LogP contribution is 2.54. The molecule has 0 heterocycles. The van der Waals surface area contributed by atoms with Crippen LogP contribution < -0.4 is 0 Å². The van der Waals surface area contributed by atoms with Crippen LogP contribution in [0.4, 0.5) is 0 Å². The minimum Gasteiger partial charge on any atom is -0.478 e. The van der Waals surface area contributed by atoms with Crippen LogP contribution in [0.2, 0.25) is 0 Å². The molecule has 0 radical (unpaired) electrons. The van der Waals surface area contributed by atoms with Crippen molar-refractivity contribution in [3.05, 3.63) is 24.3 Å². The monoisotopic (exact) mass is 234 g/mol. The van der Waals surface area contributed by atoms with Crippen molar-refractivity contribution in [1.29, 1.82) is 0 Å². The van der Waals surface area contributed by atoms with Gasteiger partial charge in [-0.15, -0.1) is 0 Å². The van der Waals surface area contributed by atoms with E-state index in [1.165, 1.54) is 18.4 Å². The lowest BCUT2D eigenvalue weighted by molar-refractivity contribution is -0.133. The van der Waals surface area contributed by atoms with Gasteiger partial charge in [0.05, 0.1) is 0 Å². The van der Waals surface area contributed by atoms with Crippen LogP contribution in [0.25, 0.3) is 0 Å². The molecule has 3 atom stereocenters. The Kier molecular flexibility index (Phi) is 3.15. The Balaban J connectivity index is 2.14. The van der Waals surface area contributed by atoms with Gasteiger partial charge in [-0.1, -0.05) is 25.7 Å². The average molecular weight is 234 g/mol. The summed E-state index contributed by atoms with van der Waals surface area (Å²) in [5.41, 5.74) is 2.09. The Hall–Kier alpha value is -1.05. The van der Waals surface area contributed by atoms with Crippen molar-refractivity contribution in [1.82, 2.24) is 0 Å². The van der Waals surface area contributed by atoms with Crippen molar-refractivity contribution in [3.8, 4) is 0 Å². The number of allylic oxidation sites excluding steroid dienone is 1. The summed E-state index contributed by atoms with van der Waals surface area (Å²) < 4.78 is 0. The second kappa shape index (κ2) is 4.32. The third kappa shape index (κ3) is 2.18. The van der Waals surface area contributed by atoms with Gasteiger partial charge in [0.15, 0.2) is 0 Å². The highest BCUT2D eigenvalue weighted by atomic mass is 16.4. The predicted octanol–water partition coefficient (Wildman–Crippen LogP) is 3.79. The first-order valence-electron chi connectivity index (χ1n) is 6.54. The Morgan fingerprint density at radius 2 is 2.18 bits per heavy atom. The zero-order chi connectivity index (χ0) is 12.6. The second-order valence-corrected chi connectivity index (χ2v) is 6.02. The normalized spacial score (nSPS) is 37.4. The highest BCUT2D eigenvalue weighted by Gasteiger charge is 2.43. The number of carboxylic acid groups (broad SMARTS) is 1. The molecule has 2 saturated carbocycles. The molecule has 94 valence electrons. The number of carboxylic acids is 1. The molecule has 17 heavy (non-hydrogen) atoms. The zero-order valence-electron chi connectivity index (χ0n) is 10.7. The number of hydrogen-bond acceptors (Lipinski definition) is 1. The van der Waals surface area contributed by atoms with Crippen molar-refractivity contribution < 1.29 is 9.90 Å². The molecule has 0 unspecified atom stereocenters. The maximum atomic E-state index is 11.0. The summed E-state index contributed by atoms with van der Waals surface area (Å²) in [5, 5.41) is 9.04. The second-order valence-electron chi connectivity index (χ2n) is 6.02. The summed E-state index contributed by atoms with van der Waals surface area (Å²) in [4.78, 5) is 11.0. The molecule has 0 aromatic rings. The Bertz CT molecular complexity index is 369. The number of carbonyl (C=O) groups is 1. The minimum atomic E-state index is -0.833. The van der Waals surface area contributed by atoms with Crippen LogP contribution in [0.15, 0.2) is 24.3 Å². The zero-order valence-corrected chi connectivity index (χ0v) is 10.7. The van der Waals surface area contributed by atoms with Crippen LogP contribution in [0.3, 0.4) is 0 Å². The molecule has 0 aromatic carbocycles. The summed E-state index contributed by atoms with van der Waals surface area (Å²) in [5.74, 6) is -0.174. The Morgan fingerprint density at radius 3 is 2.82 bits per heavy atom. The van der Waals surface area contributed by atoms with Crippen LogP contribution in [0, 0.1) is 17.3 Å². The summed E-state index contributed by atoms with van der Waals surface area (Å²) in [6.45, 7) is 10.3. The molecule has 2 aliphatic carbocycles. The summed E-state index contributed by atoms with van der Waals surface area (Å²) in [6.07, 6.45) is 6.67. The van der Waals surface area contributed by atoms with Gasteiger partial charge in [0.1, 0.15) is 0 Å². The maximum absolute atomic E-state index is 11.0. The Morgan fingerprint density at radius 1 is 1.47 bits per heavy atom. The SMILES string of the molecule is C=C(C(=O)O)[C@@H]1CC[C@@]2(C)CCCC(=C)[C@@H]2C1. The van der Waals surface area contributed by atoms with Crippen molar-refractivity contribution in [3.63, 3.8) is 0 Å². The number of aliphatic carboxylic acids is 1. The maximum Gasteiger partial charge on any atom is 0.331 e. The van der Waals surface area contributed by atoms with E-state index in [0.29, 0.717) is 16.9 Å². The average Bonchev–Trinajstić information content (AvgIpc) is 2.27. The fourth-order valence-electron chi connectivity index (χ4n) is 3.71. The predicted molar refractivity (Wildman–Crippen MR) is 68.7 cm³/mol. The van der Waals surface area contributed by atoms with E-state index in [2.05, 4.69) is 20.1 Å². The molecular formula is C15H22O2. The highest BCUT2D eigenvalue weighted by molar-refractivity contribution is 5.86. The van der Waals surface area contributed by atoms with Gasteiger partial charge in [0.2, 0.25) is 0 Å². The molecule has 0 aromatic heterocycles. The molecule has 2 nitrogen and oxygen atoms in total. The number of rotatable bonds is 2. The quantitative estimate of drug-likeness (QED) is 0.583. The van der Waals surface area contributed by atoms with Crippen molar-refractivity contribution in [2.24, 2.45) is 17.3 Å². The molecule has 2 aliphatic rings. The molecule has 1 N–H and O–H groups in total. The first-order chi connectivity index (χ1) is 7.94. The molecular weight excluding hydrogens is 212 g/mol. The Labute approximate surface area is 103 Å². The molecule has 0 amide bonds. The topological polar surface area (TPSA) is 37.3 Å². The third-order valence-corrected chi connectivity index (χ3v) is 4.93. The number of fused-ring (bicyclic) bond motifs is 1. The van der Waals surface area contributed by atoms with Crippen molar-refractivity contribution in [2.45, 2.75) is 45.4 Å². The van der Waals surface area contributed by atoms with Crippen LogP contribution in [0.1, 0.15) is 45.4 Å². The largest absolute Gasteiger partial charge is 0.478 e. The van der Waals surface area contributed by atoms with Gasteiger partial charge in [-0.3, -0.25) is 0 Å². The van der Waals surface area contributed by atoms with Crippen LogP contribution in [-0.2, 0) is 4.79 Å². The van der Waals surface area contributed by atoms with E-state index in [4.69, 9.17) is 5.11 Å². The molecule has 0 bridgehead atoms. The van der Waals surface area contributed by atoms with Crippen LogP contribution in [0.5, 0.6) is 0 Å². The third-order valence-electron chi connectivity index (χ3n) is 4.93. The first kappa shape index (κ1) is 12.4. The van der Waals surface area contributed by atoms with Gasteiger partial charge in [-0.25, -0.2) is 4.79 Å². The molecule has 0 spiro atoms.